The third kappa shape index (κ3) is 4.16. The minimum atomic E-state index is -1.39. The Morgan fingerprint density at radius 2 is 2.00 bits per heavy atom. The highest BCUT2D eigenvalue weighted by Gasteiger charge is 2.41. The second kappa shape index (κ2) is 7.36. The van der Waals surface area contributed by atoms with Crippen molar-refractivity contribution in [1.29, 1.82) is 0 Å². The SMILES string of the molecule is CCOC(=O)c1ccc(CS(=O)[C@@H]2CC(=O)N2CC(=O)O)cc1. The van der Waals surface area contributed by atoms with Crippen LogP contribution in [0.5, 0.6) is 0 Å². The monoisotopic (exact) mass is 339 g/mol. The van der Waals surface area contributed by atoms with Gasteiger partial charge in [-0.15, -0.1) is 0 Å². The van der Waals surface area contributed by atoms with Gasteiger partial charge in [0.15, 0.2) is 0 Å². The smallest absolute Gasteiger partial charge is 0.338 e. The van der Waals surface area contributed by atoms with Gasteiger partial charge in [-0.3, -0.25) is 13.8 Å². The van der Waals surface area contributed by atoms with Crippen molar-refractivity contribution >= 4 is 28.6 Å². The summed E-state index contributed by atoms with van der Waals surface area (Å²) >= 11 is 0. The molecule has 0 saturated carbocycles. The first-order valence-electron chi connectivity index (χ1n) is 7.07. The van der Waals surface area contributed by atoms with Gasteiger partial charge in [0.25, 0.3) is 0 Å². The lowest BCUT2D eigenvalue weighted by atomic mass is 10.1. The summed E-state index contributed by atoms with van der Waals surface area (Å²) in [6.45, 7) is 1.58. The summed E-state index contributed by atoms with van der Waals surface area (Å²) < 4.78 is 17.2. The molecule has 7 nitrogen and oxygen atoms in total. The Balaban J connectivity index is 1.96. The molecule has 1 fully saturated rings. The molecule has 1 saturated heterocycles. The zero-order chi connectivity index (χ0) is 17.0. The molecular weight excluding hydrogens is 322 g/mol. The van der Waals surface area contributed by atoms with Crippen molar-refractivity contribution < 1.29 is 28.4 Å². The number of β-lactam (4-membered cyclic amide) rings is 1. The van der Waals surface area contributed by atoms with E-state index in [-0.39, 0.29) is 18.1 Å². The van der Waals surface area contributed by atoms with Crippen molar-refractivity contribution in [1.82, 2.24) is 4.90 Å². The first-order chi connectivity index (χ1) is 10.9. The number of carboxylic acid groups (broad SMARTS) is 1. The fourth-order valence-corrected chi connectivity index (χ4v) is 3.73. The summed E-state index contributed by atoms with van der Waals surface area (Å²) in [6.07, 6.45) is 0.0980. The van der Waals surface area contributed by atoms with Crippen LogP contribution in [0.1, 0.15) is 29.3 Å². The number of rotatable bonds is 7. The van der Waals surface area contributed by atoms with Crippen molar-refractivity contribution in [2.24, 2.45) is 0 Å². The van der Waals surface area contributed by atoms with Crippen LogP contribution in [0.4, 0.5) is 0 Å². The molecule has 1 N–H and O–H groups in total. The molecule has 0 aromatic heterocycles. The van der Waals surface area contributed by atoms with Crippen LogP contribution in [0.25, 0.3) is 0 Å². The minimum absolute atomic E-state index is 0.0980. The van der Waals surface area contributed by atoms with E-state index < -0.39 is 34.7 Å². The van der Waals surface area contributed by atoms with Gasteiger partial charge in [-0.05, 0) is 24.6 Å². The lowest BCUT2D eigenvalue weighted by Crippen LogP contribution is -2.56. The topological polar surface area (TPSA) is 101 Å². The van der Waals surface area contributed by atoms with Crippen molar-refractivity contribution in [3.05, 3.63) is 35.4 Å². The number of esters is 1. The average Bonchev–Trinajstić information content (AvgIpc) is 2.51. The van der Waals surface area contributed by atoms with Gasteiger partial charge in [0.1, 0.15) is 11.9 Å². The van der Waals surface area contributed by atoms with E-state index in [4.69, 9.17) is 9.84 Å². The number of benzene rings is 1. The number of ether oxygens (including phenoxy) is 1. The minimum Gasteiger partial charge on any atom is -0.480 e. The number of carboxylic acids is 1. The van der Waals surface area contributed by atoms with Gasteiger partial charge in [0.05, 0.1) is 24.3 Å². The van der Waals surface area contributed by atoms with Crippen LogP contribution >= 0.6 is 0 Å². The van der Waals surface area contributed by atoms with E-state index in [1.165, 1.54) is 0 Å². The average molecular weight is 339 g/mol. The third-order valence-electron chi connectivity index (χ3n) is 3.40. The molecule has 1 aromatic carbocycles. The summed E-state index contributed by atoms with van der Waals surface area (Å²) in [5.74, 6) is -1.66. The molecule has 1 aromatic rings. The number of carbonyl (C=O) groups excluding carboxylic acids is 2. The largest absolute Gasteiger partial charge is 0.480 e. The van der Waals surface area contributed by atoms with Gasteiger partial charge < -0.3 is 14.7 Å². The molecule has 0 radical (unpaired) electrons. The Bertz CT molecular complexity index is 642. The van der Waals surface area contributed by atoms with Crippen LogP contribution in [0.2, 0.25) is 0 Å². The number of hydrogen-bond acceptors (Lipinski definition) is 5. The van der Waals surface area contributed by atoms with Crippen LogP contribution < -0.4 is 0 Å². The van der Waals surface area contributed by atoms with Crippen molar-refractivity contribution in [3.63, 3.8) is 0 Å². The number of nitrogens with zero attached hydrogens (tertiary/aromatic N) is 1. The van der Waals surface area contributed by atoms with Crippen molar-refractivity contribution in [3.8, 4) is 0 Å². The Kier molecular flexibility index (Phi) is 5.49. The molecule has 2 rings (SSSR count). The van der Waals surface area contributed by atoms with Crippen LogP contribution in [-0.2, 0) is 30.9 Å². The highest BCUT2D eigenvalue weighted by molar-refractivity contribution is 7.85. The normalized spacial score (nSPS) is 18.2. The predicted octanol–water partition coefficient (Wildman–Crippen LogP) is 0.755. The van der Waals surface area contributed by atoms with E-state index in [1.54, 1.807) is 31.2 Å². The molecule has 0 aliphatic carbocycles. The fourth-order valence-electron chi connectivity index (χ4n) is 2.21. The molecule has 1 aliphatic heterocycles. The summed E-state index contributed by atoms with van der Waals surface area (Å²) in [6, 6.07) is 6.52. The van der Waals surface area contributed by atoms with Crippen LogP contribution in [0.3, 0.4) is 0 Å². The van der Waals surface area contributed by atoms with E-state index in [0.29, 0.717) is 12.2 Å². The van der Waals surface area contributed by atoms with E-state index in [1.807, 2.05) is 0 Å². The summed E-state index contributed by atoms with van der Waals surface area (Å²) in [4.78, 5) is 34.7. The predicted molar refractivity (Wildman–Crippen MR) is 82.0 cm³/mol. The Hall–Kier alpha value is -2.22. The molecule has 0 bridgehead atoms. The van der Waals surface area contributed by atoms with Crippen LogP contribution in [0.15, 0.2) is 24.3 Å². The van der Waals surface area contributed by atoms with Gasteiger partial charge >= 0.3 is 11.9 Å². The van der Waals surface area contributed by atoms with Gasteiger partial charge in [-0.2, -0.15) is 0 Å². The molecule has 2 atom stereocenters. The second-order valence-electron chi connectivity index (χ2n) is 5.02. The molecular formula is C15H17NO6S. The molecule has 8 heteroatoms. The standard InChI is InChI=1S/C15H17NO6S/c1-2-22-15(20)11-5-3-10(4-6-11)9-23(21)13-7-12(17)16(13)8-14(18)19/h3-6,13H,2,7-9H2,1H3,(H,18,19)/t13-,23?/m1/s1. The van der Waals surface area contributed by atoms with Crippen molar-refractivity contribution in [2.45, 2.75) is 24.5 Å². The van der Waals surface area contributed by atoms with Gasteiger partial charge in [-0.1, -0.05) is 12.1 Å². The molecule has 1 heterocycles. The molecule has 23 heavy (non-hydrogen) atoms. The molecule has 1 unspecified atom stereocenters. The van der Waals surface area contributed by atoms with Gasteiger partial charge in [0, 0.05) is 10.8 Å². The summed E-state index contributed by atoms with van der Waals surface area (Å²) in [7, 11) is -1.39. The summed E-state index contributed by atoms with van der Waals surface area (Å²) in [5.41, 5.74) is 1.15. The lowest BCUT2D eigenvalue weighted by Gasteiger charge is -2.38. The third-order valence-corrected chi connectivity index (χ3v) is 5.05. The Morgan fingerprint density at radius 1 is 1.35 bits per heavy atom. The Morgan fingerprint density at radius 3 is 2.52 bits per heavy atom. The van der Waals surface area contributed by atoms with E-state index >= 15 is 0 Å². The highest BCUT2D eigenvalue weighted by Crippen LogP contribution is 2.24. The van der Waals surface area contributed by atoms with Crippen LogP contribution in [-0.4, -0.2) is 50.6 Å². The second-order valence-corrected chi connectivity index (χ2v) is 6.61. The highest BCUT2D eigenvalue weighted by atomic mass is 32.2. The molecule has 1 aliphatic rings. The van der Waals surface area contributed by atoms with Crippen molar-refractivity contribution in [2.75, 3.05) is 13.2 Å². The zero-order valence-corrected chi connectivity index (χ0v) is 13.4. The number of hydrogen-bond donors (Lipinski definition) is 1. The van der Waals surface area contributed by atoms with E-state index in [2.05, 4.69) is 0 Å². The first-order valence-corrected chi connectivity index (χ1v) is 8.45. The van der Waals surface area contributed by atoms with Gasteiger partial charge in [0.2, 0.25) is 5.91 Å². The van der Waals surface area contributed by atoms with E-state index in [0.717, 1.165) is 10.5 Å². The maximum Gasteiger partial charge on any atom is 0.338 e. The van der Waals surface area contributed by atoms with Crippen LogP contribution in [0, 0.1) is 0 Å². The molecule has 1 amide bonds. The maximum absolute atomic E-state index is 12.3. The number of carbonyl (C=O) groups is 3. The Labute approximate surface area is 135 Å². The quantitative estimate of drug-likeness (QED) is 0.581. The lowest BCUT2D eigenvalue weighted by molar-refractivity contribution is -0.151. The van der Waals surface area contributed by atoms with E-state index in [9.17, 15) is 18.6 Å². The number of likely N-dealkylation sites (tertiary alicyclic amines) is 1. The maximum atomic E-state index is 12.3. The number of amides is 1. The first kappa shape index (κ1) is 17.1. The fraction of sp³-hybridized carbons (Fsp3) is 0.400. The number of aliphatic carboxylic acids is 1. The zero-order valence-electron chi connectivity index (χ0n) is 12.6. The molecule has 0 spiro atoms. The summed E-state index contributed by atoms with van der Waals surface area (Å²) in [5, 5.41) is 8.18. The molecule has 124 valence electrons. The van der Waals surface area contributed by atoms with Gasteiger partial charge in [-0.25, -0.2) is 4.79 Å².